The van der Waals surface area contributed by atoms with Gasteiger partial charge in [0.15, 0.2) is 0 Å². The first-order valence-corrected chi connectivity index (χ1v) is 16.8. The van der Waals surface area contributed by atoms with Crippen LogP contribution in [0, 0.1) is 5.92 Å². The number of amides is 4. The number of aromatic hydroxyl groups is 1. The van der Waals surface area contributed by atoms with Gasteiger partial charge in [0.1, 0.15) is 29.5 Å². The second-order valence-electron chi connectivity index (χ2n) is 12.7. The Labute approximate surface area is 275 Å². The zero-order chi connectivity index (χ0) is 33.9. The van der Waals surface area contributed by atoms with E-state index in [9.17, 15) is 24.3 Å². The molecule has 3 aromatic carbocycles. The normalized spacial score (nSPS) is 13.4. The molecule has 0 saturated heterocycles. The molecule has 0 bridgehead atoms. The molecule has 248 valence electrons. The quantitative estimate of drug-likeness (QED) is 0.157. The summed E-state index contributed by atoms with van der Waals surface area (Å²) in [5, 5.41) is 23.0. The summed E-state index contributed by atoms with van der Waals surface area (Å²) in [5.74, 6) is -0.765. The van der Waals surface area contributed by atoms with Gasteiger partial charge in [-0.25, -0.2) is 4.79 Å². The Balaban J connectivity index is 1.83. The van der Waals surface area contributed by atoms with Crippen LogP contribution >= 0.6 is 11.8 Å². The van der Waals surface area contributed by atoms with E-state index in [2.05, 4.69) is 21.3 Å². The van der Waals surface area contributed by atoms with Crippen molar-refractivity contribution in [2.75, 3.05) is 17.3 Å². The Morgan fingerprint density at radius 3 is 2.07 bits per heavy atom. The molecular formula is C35H46N4O6S. The molecule has 4 amide bonds. The molecule has 0 aromatic heterocycles. The van der Waals surface area contributed by atoms with E-state index in [4.69, 9.17) is 4.74 Å². The van der Waals surface area contributed by atoms with E-state index in [1.807, 2.05) is 62.6 Å². The van der Waals surface area contributed by atoms with Crippen LogP contribution in [0.2, 0.25) is 0 Å². The van der Waals surface area contributed by atoms with Gasteiger partial charge in [-0.05, 0) is 92.1 Å². The Bertz CT molecular complexity index is 1490. The van der Waals surface area contributed by atoms with Crippen LogP contribution in [-0.4, -0.2) is 64.7 Å². The predicted molar refractivity (Wildman–Crippen MR) is 184 cm³/mol. The number of alkyl carbamates (subject to hydrolysis) is 1. The third-order valence-corrected chi connectivity index (χ3v) is 7.63. The summed E-state index contributed by atoms with van der Waals surface area (Å²) in [4.78, 5) is 53.5. The van der Waals surface area contributed by atoms with Crippen molar-refractivity contribution in [1.29, 1.82) is 0 Å². The summed E-state index contributed by atoms with van der Waals surface area (Å²) in [5.41, 5.74) is 0.523. The summed E-state index contributed by atoms with van der Waals surface area (Å²) in [7, 11) is 0. The van der Waals surface area contributed by atoms with Gasteiger partial charge in [-0.3, -0.25) is 14.4 Å². The van der Waals surface area contributed by atoms with Crippen LogP contribution < -0.4 is 21.3 Å². The lowest BCUT2D eigenvalue weighted by Crippen LogP contribution is -2.57. The van der Waals surface area contributed by atoms with Gasteiger partial charge in [-0.1, -0.05) is 56.3 Å². The van der Waals surface area contributed by atoms with Gasteiger partial charge in [0.25, 0.3) is 0 Å². The van der Waals surface area contributed by atoms with Crippen LogP contribution in [0.3, 0.4) is 0 Å². The summed E-state index contributed by atoms with van der Waals surface area (Å²) >= 11 is 1.55. The van der Waals surface area contributed by atoms with Crippen molar-refractivity contribution < 1.29 is 29.0 Å². The summed E-state index contributed by atoms with van der Waals surface area (Å²) in [6, 6.07) is 16.8. The highest BCUT2D eigenvalue weighted by Crippen LogP contribution is 2.20. The van der Waals surface area contributed by atoms with E-state index in [1.165, 1.54) is 12.1 Å². The number of hydrogen-bond donors (Lipinski definition) is 5. The average molecular weight is 651 g/mol. The van der Waals surface area contributed by atoms with Gasteiger partial charge in [0.2, 0.25) is 17.7 Å². The number of rotatable bonds is 14. The molecule has 0 spiro atoms. The molecule has 3 atom stereocenters. The van der Waals surface area contributed by atoms with E-state index in [0.717, 1.165) is 10.8 Å². The minimum atomic E-state index is -1.09. The molecule has 0 radical (unpaired) electrons. The molecule has 0 aliphatic heterocycles. The standard InChI is InChI=1S/C35H46N4O6S/c1-22(2)19-29(39-34(44)45-35(3,4)5)32(42)38-30(20-23-11-15-27(40)16-12-23)33(43)37-28(17-18-46-6)31(41)36-26-14-13-24-9-7-8-10-25(24)21-26/h7-16,21-22,28-30,40H,17-20H2,1-6H3,(H,36,41)(H,37,43)(H,38,42)(H,39,44)/t28-,29+,30-/m0/s1. The fourth-order valence-corrected chi connectivity index (χ4v) is 5.25. The van der Waals surface area contributed by atoms with Crippen molar-refractivity contribution in [2.24, 2.45) is 5.92 Å². The zero-order valence-corrected chi connectivity index (χ0v) is 28.2. The number of hydrogen-bond acceptors (Lipinski definition) is 7. The molecule has 0 saturated carbocycles. The van der Waals surface area contributed by atoms with Crippen molar-refractivity contribution in [3.63, 3.8) is 0 Å². The first-order chi connectivity index (χ1) is 21.7. The molecule has 0 aliphatic carbocycles. The molecule has 0 unspecified atom stereocenters. The minimum Gasteiger partial charge on any atom is -0.508 e. The third kappa shape index (κ3) is 11.9. The smallest absolute Gasteiger partial charge is 0.408 e. The molecule has 5 N–H and O–H groups in total. The van der Waals surface area contributed by atoms with Crippen LogP contribution in [0.1, 0.15) is 53.0 Å². The summed E-state index contributed by atoms with van der Waals surface area (Å²) in [6.45, 7) is 9.02. The second-order valence-corrected chi connectivity index (χ2v) is 13.6. The van der Waals surface area contributed by atoms with Crippen LogP contribution in [0.5, 0.6) is 5.75 Å². The van der Waals surface area contributed by atoms with Crippen LogP contribution in [0.4, 0.5) is 10.5 Å². The highest BCUT2D eigenvalue weighted by molar-refractivity contribution is 7.98. The number of ether oxygens (including phenoxy) is 1. The number of phenols is 1. The molecule has 0 heterocycles. The van der Waals surface area contributed by atoms with Crippen LogP contribution in [0.25, 0.3) is 10.8 Å². The van der Waals surface area contributed by atoms with E-state index in [0.29, 0.717) is 29.8 Å². The number of fused-ring (bicyclic) bond motifs is 1. The Hall–Kier alpha value is -4.25. The lowest BCUT2D eigenvalue weighted by Gasteiger charge is -2.27. The molecule has 46 heavy (non-hydrogen) atoms. The molecule has 0 fully saturated rings. The highest BCUT2D eigenvalue weighted by atomic mass is 32.2. The average Bonchev–Trinajstić information content (AvgIpc) is 2.98. The van der Waals surface area contributed by atoms with Crippen molar-refractivity contribution in [1.82, 2.24) is 16.0 Å². The molecular weight excluding hydrogens is 604 g/mol. The summed E-state index contributed by atoms with van der Waals surface area (Å²) < 4.78 is 5.37. The van der Waals surface area contributed by atoms with E-state index in [1.54, 1.807) is 44.7 Å². The number of carbonyl (C=O) groups is 4. The van der Waals surface area contributed by atoms with Gasteiger partial charge in [-0.15, -0.1) is 0 Å². The number of phenolic OH excluding ortho intramolecular Hbond substituents is 1. The maximum atomic E-state index is 13.8. The van der Waals surface area contributed by atoms with E-state index >= 15 is 0 Å². The van der Waals surface area contributed by atoms with Gasteiger partial charge in [0, 0.05) is 12.1 Å². The van der Waals surface area contributed by atoms with Gasteiger partial charge in [-0.2, -0.15) is 11.8 Å². The monoisotopic (exact) mass is 650 g/mol. The molecule has 3 aromatic rings. The van der Waals surface area contributed by atoms with Crippen molar-refractivity contribution in [2.45, 2.75) is 77.6 Å². The lowest BCUT2D eigenvalue weighted by atomic mass is 10.0. The molecule has 11 heteroatoms. The number of anilines is 1. The first-order valence-electron chi connectivity index (χ1n) is 15.4. The van der Waals surface area contributed by atoms with Crippen molar-refractivity contribution >= 4 is 52.0 Å². The Morgan fingerprint density at radius 2 is 1.43 bits per heavy atom. The topological polar surface area (TPSA) is 146 Å². The third-order valence-electron chi connectivity index (χ3n) is 6.98. The minimum absolute atomic E-state index is 0.0461. The van der Waals surface area contributed by atoms with Crippen molar-refractivity contribution in [3.05, 3.63) is 72.3 Å². The molecule has 0 aliphatic rings. The highest BCUT2D eigenvalue weighted by Gasteiger charge is 2.31. The Morgan fingerprint density at radius 1 is 0.804 bits per heavy atom. The van der Waals surface area contributed by atoms with Crippen LogP contribution in [0.15, 0.2) is 66.7 Å². The maximum absolute atomic E-state index is 13.8. The van der Waals surface area contributed by atoms with Gasteiger partial charge in [0.05, 0.1) is 0 Å². The fourth-order valence-electron chi connectivity index (χ4n) is 4.78. The summed E-state index contributed by atoms with van der Waals surface area (Å²) in [6.07, 6.45) is 1.93. The molecule has 3 rings (SSSR count). The fraction of sp³-hybridized carbons (Fsp3) is 0.429. The Kier molecular flexibility index (Phi) is 13.3. The number of carbonyl (C=O) groups excluding carboxylic acids is 4. The number of thioether (sulfide) groups is 1. The number of nitrogens with one attached hydrogen (secondary N) is 4. The number of benzene rings is 3. The van der Waals surface area contributed by atoms with Gasteiger partial charge < -0.3 is 31.1 Å². The second kappa shape index (κ2) is 16.9. The largest absolute Gasteiger partial charge is 0.508 e. The molecule has 10 nitrogen and oxygen atoms in total. The maximum Gasteiger partial charge on any atom is 0.408 e. The lowest BCUT2D eigenvalue weighted by molar-refractivity contribution is -0.131. The van der Waals surface area contributed by atoms with Gasteiger partial charge >= 0.3 is 6.09 Å². The predicted octanol–water partition coefficient (Wildman–Crippen LogP) is 5.39. The first kappa shape index (κ1) is 36.2. The van der Waals surface area contributed by atoms with E-state index < -0.39 is 41.6 Å². The van der Waals surface area contributed by atoms with Crippen LogP contribution in [-0.2, 0) is 25.5 Å². The van der Waals surface area contributed by atoms with E-state index in [-0.39, 0.29) is 24.0 Å². The zero-order valence-electron chi connectivity index (χ0n) is 27.4. The van der Waals surface area contributed by atoms with Crippen molar-refractivity contribution in [3.8, 4) is 5.75 Å². The SMILES string of the molecule is CSCC[C@H](NC(=O)[C@H](Cc1ccc(O)cc1)NC(=O)[C@@H](CC(C)C)NC(=O)OC(C)(C)C)C(=O)Nc1ccc2ccccc2c1.